The van der Waals surface area contributed by atoms with Crippen LogP contribution in [0.15, 0.2) is 77.7 Å². The highest BCUT2D eigenvalue weighted by atomic mass is 35.5. The minimum atomic E-state index is -3.82. The molecule has 3 aromatic carbocycles. The molecular weight excluding hydrogens is 407 g/mol. The number of benzene rings is 3. The van der Waals surface area contributed by atoms with Gasteiger partial charge in [0.15, 0.2) is 5.75 Å². The van der Waals surface area contributed by atoms with E-state index in [1.54, 1.807) is 42.5 Å². The molecule has 0 saturated heterocycles. The SMILES string of the molecule is O=S(=O)([NH+]=C(Nc1cc(Cl)c(O)c(Cl)c1)c1ccccc1)c1ccccc1. The highest BCUT2D eigenvalue weighted by Gasteiger charge is 2.21. The Morgan fingerprint density at radius 2 is 1.41 bits per heavy atom. The van der Waals surface area contributed by atoms with E-state index >= 15 is 0 Å². The molecular formula is C19H15Cl2N2O3S+. The average molecular weight is 422 g/mol. The maximum Gasteiger partial charge on any atom is 0.328 e. The number of phenolic OH excluding ortho intramolecular Hbond substituents is 1. The number of amidine groups is 1. The van der Waals surface area contributed by atoms with Crippen LogP contribution in [0.4, 0.5) is 5.69 Å². The summed E-state index contributed by atoms with van der Waals surface area (Å²) in [5.74, 6) is -0.0210. The number of rotatable bonds is 4. The monoisotopic (exact) mass is 421 g/mol. The van der Waals surface area contributed by atoms with Crippen LogP contribution < -0.4 is 9.71 Å². The van der Waals surface area contributed by atoms with Crippen molar-refractivity contribution in [3.63, 3.8) is 0 Å². The summed E-state index contributed by atoms with van der Waals surface area (Å²) in [6, 6.07) is 19.8. The molecule has 0 aliphatic heterocycles. The van der Waals surface area contributed by atoms with Crippen LogP contribution >= 0.6 is 23.2 Å². The van der Waals surface area contributed by atoms with E-state index in [-0.39, 0.29) is 26.5 Å². The molecule has 0 aliphatic carbocycles. The van der Waals surface area contributed by atoms with Gasteiger partial charge in [-0.05, 0) is 24.3 Å². The van der Waals surface area contributed by atoms with Gasteiger partial charge in [-0.25, -0.2) is 5.32 Å². The van der Waals surface area contributed by atoms with Crippen molar-refractivity contribution in [1.29, 1.82) is 0 Å². The Morgan fingerprint density at radius 3 is 1.96 bits per heavy atom. The Kier molecular flexibility index (Phi) is 5.70. The number of phenols is 1. The molecule has 3 rings (SSSR count). The molecule has 27 heavy (non-hydrogen) atoms. The van der Waals surface area contributed by atoms with Crippen molar-refractivity contribution in [3.05, 3.63) is 88.4 Å². The molecule has 0 heterocycles. The van der Waals surface area contributed by atoms with E-state index in [4.69, 9.17) is 23.2 Å². The third kappa shape index (κ3) is 4.60. The number of nitrogens with one attached hydrogen (secondary N) is 2. The first-order chi connectivity index (χ1) is 12.9. The van der Waals surface area contributed by atoms with Gasteiger partial charge in [-0.15, -0.1) is 0 Å². The van der Waals surface area contributed by atoms with Gasteiger partial charge in [-0.2, -0.15) is 12.8 Å². The van der Waals surface area contributed by atoms with Crippen LogP contribution in [-0.4, -0.2) is 19.4 Å². The summed E-state index contributed by atoms with van der Waals surface area (Å²) in [5, 5.41) is 12.8. The first-order valence-electron chi connectivity index (χ1n) is 7.82. The van der Waals surface area contributed by atoms with Gasteiger partial charge in [0, 0.05) is 12.1 Å². The minimum Gasteiger partial charge on any atom is -0.505 e. The number of halogens is 2. The van der Waals surface area contributed by atoms with Gasteiger partial charge in [-0.3, -0.25) is 0 Å². The van der Waals surface area contributed by atoms with E-state index < -0.39 is 10.0 Å². The maximum absolute atomic E-state index is 12.7. The third-order valence-electron chi connectivity index (χ3n) is 3.64. The van der Waals surface area contributed by atoms with Crippen molar-refractivity contribution in [2.24, 2.45) is 0 Å². The fourth-order valence-corrected chi connectivity index (χ4v) is 3.89. The number of sulfonamides is 1. The molecule has 0 aliphatic rings. The maximum atomic E-state index is 12.7. The number of aromatic hydroxyl groups is 1. The number of hydrogen-bond donors (Lipinski definition) is 3. The Morgan fingerprint density at radius 1 is 0.889 bits per heavy atom. The van der Waals surface area contributed by atoms with Crippen LogP contribution in [0.2, 0.25) is 10.0 Å². The molecule has 0 bridgehead atoms. The molecule has 8 heteroatoms. The second-order valence-corrected chi connectivity index (χ2v) is 8.07. The lowest BCUT2D eigenvalue weighted by Gasteiger charge is -2.07. The smallest absolute Gasteiger partial charge is 0.328 e. The summed E-state index contributed by atoms with van der Waals surface area (Å²) >= 11 is 11.9. The first-order valence-corrected chi connectivity index (χ1v) is 10.1. The quantitative estimate of drug-likeness (QED) is 0.343. The largest absolute Gasteiger partial charge is 0.505 e. The molecule has 3 aromatic rings. The van der Waals surface area contributed by atoms with Gasteiger partial charge >= 0.3 is 10.0 Å². The van der Waals surface area contributed by atoms with Crippen molar-refractivity contribution in [2.75, 3.05) is 5.32 Å². The van der Waals surface area contributed by atoms with Crippen molar-refractivity contribution in [1.82, 2.24) is 0 Å². The van der Waals surface area contributed by atoms with Crippen molar-refractivity contribution in [3.8, 4) is 5.75 Å². The molecule has 0 unspecified atom stereocenters. The lowest BCUT2D eigenvalue weighted by atomic mass is 10.2. The van der Waals surface area contributed by atoms with E-state index in [2.05, 4.69) is 9.71 Å². The molecule has 0 fully saturated rings. The summed E-state index contributed by atoms with van der Waals surface area (Å²) in [6.07, 6.45) is 0. The second kappa shape index (κ2) is 8.00. The molecule has 0 saturated carbocycles. The normalized spacial score (nSPS) is 12.0. The van der Waals surface area contributed by atoms with Crippen molar-refractivity contribution in [2.45, 2.75) is 4.90 Å². The van der Waals surface area contributed by atoms with Crippen LogP contribution in [0.3, 0.4) is 0 Å². The Hall–Kier alpha value is -2.54. The second-order valence-electron chi connectivity index (χ2n) is 5.57. The van der Waals surface area contributed by atoms with Crippen LogP contribution in [0.5, 0.6) is 5.75 Å². The highest BCUT2D eigenvalue weighted by Crippen LogP contribution is 2.34. The van der Waals surface area contributed by atoms with Gasteiger partial charge in [0.2, 0.25) is 0 Å². The topological polar surface area (TPSA) is 80.4 Å². The van der Waals surface area contributed by atoms with Crippen molar-refractivity contribution >= 4 is 44.7 Å². The van der Waals surface area contributed by atoms with Gasteiger partial charge in [0.25, 0.3) is 5.84 Å². The van der Waals surface area contributed by atoms with Gasteiger partial charge in [0.1, 0.15) is 10.6 Å². The highest BCUT2D eigenvalue weighted by molar-refractivity contribution is 7.84. The van der Waals surface area contributed by atoms with Crippen LogP contribution in [0.1, 0.15) is 5.56 Å². The summed E-state index contributed by atoms with van der Waals surface area (Å²) in [7, 11) is -3.82. The van der Waals surface area contributed by atoms with E-state index in [1.807, 2.05) is 6.07 Å². The zero-order valence-electron chi connectivity index (χ0n) is 13.9. The summed E-state index contributed by atoms with van der Waals surface area (Å²) in [4.78, 5) is 0.127. The van der Waals surface area contributed by atoms with Crippen LogP contribution in [0.25, 0.3) is 0 Å². The molecule has 0 spiro atoms. The van der Waals surface area contributed by atoms with E-state index in [1.165, 1.54) is 24.3 Å². The predicted octanol–water partition coefficient (Wildman–Crippen LogP) is 3.03. The van der Waals surface area contributed by atoms with Crippen LogP contribution in [0, 0.1) is 0 Å². The van der Waals surface area contributed by atoms with Gasteiger partial charge in [0.05, 0.1) is 15.6 Å². The third-order valence-corrected chi connectivity index (χ3v) is 5.58. The zero-order valence-corrected chi connectivity index (χ0v) is 16.2. The number of hydrogen-bond acceptors (Lipinski definition) is 3. The standard InChI is InChI=1S/C19H14Cl2N2O3S/c20-16-11-14(12-17(21)18(16)24)22-19(13-7-3-1-4-8-13)23-27(25,26)15-9-5-2-6-10-15/h1-12,24H,(H,22,23)/p+1. The van der Waals surface area contributed by atoms with E-state index in [9.17, 15) is 13.5 Å². The van der Waals surface area contributed by atoms with Gasteiger partial charge in [-0.1, -0.05) is 59.6 Å². The predicted molar refractivity (Wildman–Crippen MR) is 107 cm³/mol. The fourth-order valence-electron chi connectivity index (χ4n) is 2.34. The molecule has 0 amide bonds. The summed E-state index contributed by atoms with van der Waals surface area (Å²) in [5.41, 5.74) is 1.02. The Balaban J connectivity index is 2.08. The molecule has 0 atom stereocenters. The summed E-state index contributed by atoms with van der Waals surface area (Å²) < 4.78 is 28.0. The van der Waals surface area contributed by atoms with E-state index in [0.717, 1.165) is 0 Å². The van der Waals surface area contributed by atoms with E-state index in [0.29, 0.717) is 11.3 Å². The summed E-state index contributed by atoms with van der Waals surface area (Å²) in [6.45, 7) is 0. The molecule has 0 radical (unpaired) electrons. The molecule has 5 nitrogen and oxygen atoms in total. The lowest BCUT2D eigenvalue weighted by Crippen LogP contribution is -2.78. The van der Waals surface area contributed by atoms with Crippen LogP contribution in [-0.2, 0) is 10.0 Å². The zero-order chi connectivity index (χ0) is 19.4. The van der Waals surface area contributed by atoms with Gasteiger partial charge < -0.3 is 5.11 Å². The lowest BCUT2D eigenvalue weighted by molar-refractivity contribution is -0.266. The molecule has 138 valence electrons. The Bertz CT molecular complexity index is 1060. The molecule has 3 N–H and O–H groups in total. The number of anilines is 1. The fraction of sp³-hybridized carbons (Fsp3) is 0. The minimum absolute atomic E-state index is 0.0447. The van der Waals surface area contributed by atoms with Crippen molar-refractivity contribution < 1.29 is 17.9 Å². The average Bonchev–Trinajstić information content (AvgIpc) is 2.67. The first kappa shape index (κ1) is 19.2. The molecule has 0 aromatic heterocycles. The Labute approximate surface area is 167 Å².